The van der Waals surface area contributed by atoms with Gasteiger partial charge in [0.25, 0.3) is 5.91 Å². The number of aryl methyl sites for hydroxylation is 1. The van der Waals surface area contributed by atoms with E-state index in [1.165, 1.54) is 0 Å². The normalized spacial score (nSPS) is 10.7. The molecular formula is C22H21IN2O2. The van der Waals surface area contributed by atoms with E-state index in [9.17, 15) is 4.79 Å². The number of pyridine rings is 1. The first-order chi connectivity index (χ1) is 12.9. The van der Waals surface area contributed by atoms with Gasteiger partial charge in [0.05, 0.1) is 11.3 Å². The lowest BCUT2D eigenvalue weighted by atomic mass is 10.1. The van der Waals surface area contributed by atoms with E-state index in [0.717, 1.165) is 20.7 Å². The van der Waals surface area contributed by atoms with Crippen LogP contribution in [-0.2, 0) is 0 Å². The van der Waals surface area contributed by atoms with Gasteiger partial charge >= 0.3 is 0 Å². The third-order valence-electron chi connectivity index (χ3n) is 4.11. The first kappa shape index (κ1) is 19.4. The van der Waals surface area contributed by atoms with Gasteiger partial charge in [-0.05, 0) is 96.1 Å². The minimum atomic E-state index is -0.165. The molecule has 5 heteroatoms. The Labute approximate surface area is 173 Å². The number of aromatic nitrogens is 1. The highest BCUT2D eigenvalue weighted by Crippen LogP contribution is 2.24. The summed E-state index contributed by atoms with van der Waals surface area (Å²) in [7, 11) is 0. The molecular weight excluding hydrogens is 451 g/mol. The first-order valence-electron chi connectivity index (χ1n) is 8.75. The van der Waals surface area contributed by atoms with Crippen molar-refractivity contribution in [3.05, 3.63) is 81.2 Å². The monoisotopic (exact) mass is 472 g/mol. The molecule has 0 atom stereocenters. The van der Waals surface area contributed by atoms with E-state index in [1.54, 1.807) is 0 Å². The molecule has 1 amide bonds. The smallest absolute Gasteiger partial charge is 0.257 e. The fourth-order valence-corrected chi connectivity index (χ4v) is 2.95. The van der Waals surface area contributed by atoms with Crippen LogP contribution in [0.15, 0.2) is 60.7 Å². The van der Waals surface area contributed by atoms with Gasteiger partial charge in [-0.25, -0.2) is 0 Å². The van der Waals surface area contributed by atoms with Gasteiger partial charge in [0.1, 0.15) is 11.5 Å². The number of hydrogen-bond donors (Lipinski definition) is 1. The zero-order valence-electron chi connectivity index (χ0n) is 15.5. The van der Waals surface area contributed by atoms with Crippen molar-refractivity contribution >= 4 is 34.2 Å². The van der Waals surface area contributed by atoms with Crippen molar-refractivity contribution in [3.63, 3.8) is 0 Å². The quantitative estimate of drug-likeness (QED) is 0.453. The highest BCUT2D eigenvalue weighted by molar-refractivity contribution is 14.1. The van der Waals surface area contributed by atoms with Crippen LogP contribution in [0.5, 0.6) is 11.5 Å². The maximum absolute atomic E-state index is 12.5. The van der Waals surface area contributed by atoms with Gasteiger partial charge in [-0.1, -0.05) is 13.8 Å². The molecule has 4 nitrogen and oxygen atoms in total. The van der Waals surface area contributed by atoms with E-state index < -0.39 is 0 Å². The Kier molecular flexibility index (Phi) is 6.11. The summed E-state index contributed by atoms with van der Waals surface area (Å²) in [5.74, 6) is 1.66. The standard InChI is InChI=1S/C22H21IN2O2/c1-14(2)21-13-12-20(15(3)24-21)22(26)25-17-6-10-19(11-7-17)27-18-8-4-16(23)5-9-18/h4-14H,1-3H3,(H,25,26). The molecule has 0 bridgehead atoms. The van der Waals surface area contributed by atoms with Crippen molar-refractivity contribution < 1.29 is 9.53 Å². The zero-order valence-corrected chi connectivity index (χ0v) is 17.7. The number of ether oxygens (including phenoxy) is 1. The molecule has 0 aliphatic heterocycles. The van der Waals surface area contributed by atoms with E-state index in [1.807, 2.05) is 67.6 Å². The van der Waals surface area contributed by atoms with Crippen molar-refractivity contribution in [3.8, 4) is 11.5 Å². The van der Waals surface area contributed by atoms with Crippen molar-refractivity contribution in [1.29, 1.82) is 0 Å². The van der Waals surface area contributed by atoms with E-state index in [0.29, 0.717) is 22.9 Å². The molecule has 1 heterocycles. The summed E-state index contributed by atoms with van der Waals surface area (Å²) in [5.41, 5.74) is 3.01. The van der Waals surface area contributed by atoms with Crippen LogP contribution in [0.25, 0.3) is 0 Å². The van der Waals surface area contributed by atoms with Gasteiger partial charge in [0.2, 0.25) is 0 Å². The Morgan fingerprint density at radius 2 is 1.56 bits per heavy atom. The fourth-order valence-electron chi connectivity index (χ4n) is 2.59. The molecule has 0 saturated carbocycles. The molecule has 3 rings (SSSR count). The fraction of sp³-hybridized carbons (Fsp3) is 0.182. The molecule has 0 fully saturated rings. The Balaban J connectivity index is 1.67. The molecule has 138 valence electrons. The van der Waals surface area contributed by atoms with Gasteiger partial charge < -0.3 is 10.1 Å². The third kappa shape index (κ3) is 5.07. The van der Waals surface area contributed by atoms with E-state index >= 15 is 0 Å². The van der Waals surface area contributed by atoms with Gasteiger partial charge in [0, 0.05) is 15.0 Å². The number of carbonyl (C=O) groups excluding carboxylic acids is 1. The molecule has 0 radical (unpaired) electrons. The van der Waals surface area contributed by atoms with Gasteiger partial charge in [-0.2, -0.15) is 0 Å². The minimum Gasteiger partial charge on any atom is -0.457 e. The van der Waals surface area contributed by atoms with Crippen LogP contribution in [0.2, 0.25) is 0 Å². The summed E-state index contributed by atoms with van der Waals surface area (Å²) in [5, 5.41) is 2.91. The van der Waals surface area contributed by atoms with Crippen LogP contribution in [0.3, 0.4) is 0 Å². The van der Waals surface area contributed by atoms with Crippen LogP contribution in [0.1, 0.15) is 41.5 Å². The SMILES string of the molecule is Cc1nc(C(C)C)ccc1C(=O)Nc1ccc(Oc2ccc(I)cc2)cc1. The van der Waals surface area contributed by atoms with E-state index in [-0.39, 0.29) is 5.91 Å². The molecule has 0 aliphatic rings. The number of amides is 1. The number of rotatable bonds is 5. The molecule has 27 heavy (non-hydrogen) atoms. The van der Waals surface area contributed by atoms with Crippen LogP contribution in [0, 0.1) is 10.5 Å². The molecule has 0 unspecified atom stereocenters. The van der Waals surface area contributed by atoms with Gasteiger partial charge in [-0.15, -0.1) is 0 Å². The van der Waals surface area contributed by atoms with Gasteiger partial charge in [-0.3, -0.25) is 9.78 Å². The first-order valence-corrected chi connectivity index (χ1v) is 9.82. The summed E-state index contributed by atoms with van der Waals surface area (Å²) in [4.78, 5) is 17.1. The van der Waals surface area contributed by atoms with Crippen molar-refractivity contribution in [2.24, 2.45) is 0 Å². The highest BCUT2D eigenvalue weighted by atomic mass is 127. The highest BCUT2D eigenvalue weighted by Gasteiger charge is 2.12. The molecule has 1 aromatic heterocycles. The molecule has 2 aromatic carbocycles. The molecule has 0 spiro atoms. The summed E-state index contributed by atoms with van der Waals surface area (Å²) in [6.45, 7) is 6.03. The van der Waals surface area contributed by atoms with Crippen LogP contribution in [-0.4, -0.2) is 10.9 Å². The van der Waals surface area contributed by atoms with Crippen LogP contribution in [0.4, 0.5) is 5.69 Å². The lowest BCUT2D eigenvalue weighted by Crippen LogP contribution is -2.14. The molecule has 1 N–H and O–H groups in total. The number of anilines is 1. The average molecular weight is 472 g/mol. The summed E-state index contributed by atoms with van der Waals surface area (Å²) in [6.07, 6.45) is 0. The molecule has 3 aromatic rings. The van der Waals surface area contributed by atoms with E-state index in [2.05, 4.69) is 46.7 Å². The van der Waals surface area contributed by atoms with Crippen LogP contribution >= 0.6 is 22.6 Å². The number of carbonyl (C=O) groups is 1. The maximum Gasteiger partial charge on any atom is 0.257 e. The van der Waals surface area contributed by atoms with Crippen molar-refractivity contribution in [2.75, 3.05) is 5.32 Å². The maximum atomic E-state index is 12.5. The van der Waals surface area contributed by atoms with E-state index in [4.69, 9.17) is 4.74 Å². The number of nitrogens with one attached hydrogen (secondary N) is 1. The second kappa shape index (κ2) is 8.52. The molecule has 0 saturated heterocycles. The second-order valence-electron chi connectivity index (χ2n) is 6.56. The summed E-state index contributed by atoms with van der Waals surface area (Å²) >= 11 is 2.25. The predicted octanol–water partition coefficient (Wildman–Crippen LogP) is 6.16. The summed E-state index contributed by atoms with van der Waals surface area (Å²) < 4.78 is 6.96. The van der Waals surface area contributed by atoms with Crippen molar-refractivity contribution in [2.45, 2.75) is 26.7 Å². The lowest BCUT2D eigenvalue weighted by Gasteiger charge is -2.11. The zero-order chi connectivity index (χ0) is 19.4. The Hall–Kier alpha value is -2.41. The number of benzene rings is 2. The Morgan fingerprint density at radius 3 is 2.11 bits per heavy atom. The Morgan fingerprint density at radius 1 is 0.963 bits per heavy atom. The molecule has 0 aliphatic carbocycles. The van der Waals surface area contributed by atoms with Crippen LogP contribution < -0.4 is 10.1 Å². The number of hydrogen-bond acceptors (Lipinski definition) is 3. The summed E-state index contributed by atoms with van der Waals surface area (Å²) in [6, 6.07) is 18.9. The number of nitrogens with zero attached hydrogens (tertiary/aromatic N) is 1. The predicted molar refractivity (Wildman–Crippen MR) is 117 cm³/mol. The largest absolute Gasteiger partial charge is 0.457 e. The minimum absolute atomic E-state index is 0.165. The average Bonchev–Trinajstić information content (AvgIpc) is 2.65. The lowest BCUT2D eigenvalue weighted by molar-refractivity contribution is 0.102. The Bertz CT molecular complexity index is 936. The number of halogens is 1. The topological polar surface area (TPSA) is 51.2 Å². The van der Waals surface area contributed by atoms with Gasteiger partial charge in [0.15, 0.2) is 0 Å². The second-order valence-corrected chi connectivity index (χ2v) is 7.80. The van der Waals surface area contributed by atoms with Crippen molar-refractivity contribution in [1.82, 2.24) is 4.98 Å². The third-order valence-corrected chi connectivity index (χ3v) is 4.82.